The van der Waals surface area contributed by atoms with Crippen LogP contribution in [0.3, 0.4) is 0 Å². The molecule has 2 aliphatic carbocycles. The summed E-state index contributed by atoms with van der Waals surface area (Å²) >= 11 is 10.0. The summed E-state index contributed by atoms with van der Waals surface area (Å²) in [7, 11) is 0. The number of halogens is 4. The van der Waals surface area contributed by atoms with E-state index in [2.05, 4.69) is 178 Å². The Labute approximate surface area is 412 Å². The van der Waals surface area contributed by atoms with Crippen LogP contribution in [-0.2, 0) is 21.1 Å². The highest BCUT2D eigenvalue weighted by Gasteiger charge is 2.55. The van der Waals surface area contributed by atoms with E-state index in [1.54, 1.807) is 0 Å². The summed E-state index contributed by atoms with van der Waals surface area (Å²) < 4.78 is 27.8. The van der Waals surface area contributed by atoms with Crippen LogP contribution in [0.1, 0.15) is 91.6 Å². The molecule has 0 saturated carbocycles. The van der Waals surface area contributed by atoms with Crippen LogP contribution in [0.4, 0.5) is 0 Å². The second kappa shape index (κ2) is 22.0. The van der Waals surface area contributed by atoms with Crippen LogP contribution in [-0.4, -0.2) is 68.1 Å². The average Bonchev–Trinajstić information content (AvgIpc) is 3.91. The average molecular weight is 1260 g/mol. The molecule has 324 valence electrons. The van der Waals surface area contributed by atoms with Crippen molar-refractivity contribution in [1.82, 2.24) is 9.80 Å². The van der Waals surface area contributed by atoms with Crippen molar-refractivity contribution in [1.29, 1.82) is 0 Å². The molecule has 2 aliphatic rings. The van der Waals surface area contributed by atoms with Crippen LogP contribution < -0.4 is 0 Å². The Bertz CT molecular complexity index is 2010. The summed E-state index contributed by atoms with van der Waals surface area (Å²) in [4.78, 5) is 20.8. The number of ether oxygens (including phenoxy) is 2. The molecule has 0 N–H and O–H groups in total. The molecule has 6 rings (SSSR count). The van der Waals surface area contributed by atoms with Gasteiger partial charge in [0.05, 0.1) is 7.16 Å². The Morgan fingerprint density at radius 3 is 1.37 bits per heavy atom. The Morgan fingerprint density at radius 2 is 1.02 bits per heavy atom. The van der Waals surface area contributed by atoms with Gasteiger partial charge in [0.2, 0.25) is 0 Å². The third-order valence-corrected chi connectivity index (χ3v) is 17.4. The number of Topliss-reactive ketones (excluding diaryl/α,β-unsaturated/α-hetero) is 1. The Hall–Kier alpha value is -1.41. The first-order valence-corrected chi connectivity index (χ1v) is 26.2. The number of ketones is 1. The number of allylic oxidation sites excluding steroid dienone is 8. The molecule has 4 aromatic rings. The fourth-order valence-corrected chi connectivity index (χ4v) is 14.3. The molecule has 11 heteroatoms. The van der Waals surface area contributed by atoms with Crippen LogP contribution in [0, 0.1) is 11.8 Å². The lowest BCUT2D eigenvalue weighted by molar-refractivity contribution is -0.113. The number of para-hydroxylation sites is 2. The van der Waals surface area contributed by atoms with Gasteiger partial charge in [0.1, 0.15) is 54.3 Å². The van der Waals surface area contributed by atoms with E-state index in [4.69, 9.17) is 18.3 Å². The first-order valence-electron chi connectivity index (χ1n) is 21.8. The van der Waals surface area contributed by atoms with Gasteiger partial charge < -0.3 is 28.1 Å². The summed E-state index contributed by atoms with van der Waals surface area (Å²) in [6.07, 6.45) is 9.80. The molecule has 0 bridgehead atoms. The number of hydrogen-bond donors (Lipinski definition) is 0. The van der Waals surface area contributed by atoms with Gasteiger partial charge in [0.15, 0.2) is 5.78 Å². The minimum absolute atomic E-state index is 0.0826. The quantitative estimate of drug-likeness (QED) is 0.0574. The molecule has 60 heavy (non-hydrogen) atoms. The Morgan fingerprint density at radius 1 is 0.633 bits per heavy atom. The first-order chi connectivity index (χ1) is 29.0. The number of nitrogens with zero attached hydrogens (tertiary/aromatic N) is 2. The minimum Gasteiger partial charge on any atom is -0.494 e. The molecule has 2 aromatic carbocycles. The third-order valence-electron chi connectivity index (χ3n) is 12.3. The maximum absolute atomic E-state index is 16.0. The number of unbranched alkanes of at least 4 members (excludes halogenated alkanes) is 2. The first kappa shape index (κ1) is 48.1. The highest BCUT2D eigenvalue weighted by atomic mass is 127. The van der Waals surface area contributed by atoms with E-state index >= 15 is 4.79 Å². The van der Waals surface area contributed by atoms with Crippen LogP contribution in [0.2, 0.25) is 0 Å². The zero-order valence-electron chi connectivity index (χ0n) is 35.9. The summed E-state index contributed by atoms with van der Waals surface area (Å²) in [5.74, 6) is 3.06. The molecule has 0 aliphatic heterocycles. The van der Waals surface area contributed by atoms with Crippen molar-refractivity contribution in [2.24, 2.45) is 11.8 Å². The molecule has 0 saturated heterocycles. The van der Waals surface area contributed by atoms with Gasteiger partial charge in [0, 0.05) is 46.8 Å². The molecular weight excluding hydrogens is 1200 g/mol. The van der Waals surface area contributed by atoms with Crippen molar-refractivity contribution < 1.29 is 23.1 Å². The van der Waals surface area contributed by atoms with E-state index in [1.807, 2.05) is 36.4 Å². The predicted octanol–water partition coefficient (Wildman–Crippen LogP) is 14.2. The van der Waals surface area contributed by atoms with Crippen LogP contribution in [0.25, 0.3) is 21.9 Å². The smallest absolute Gasteiger partial charge is 0.185 e. The highest BCUT2D eigenvalue weighted by Crippen LogP contribution is 2.60. The lowest BCUT2D eigenvalue weighted by Crippen LogP contribution is -2.42. The van der Waals surface area contributed by atoms with Gasteiger partial charge in [-0.25, -0.2) is 0 Å². The molecule has 0 amide bonds. The van der Waals surface area contributed by atoms with Gasteiger partial charge in [-0.2, -0.15) is 0 Å². The number of alkyl halides is 2. The number of rotatable bonds is 22. The number of fused-ring (bicyclic) bond motifs is 2. The fraction of sp³-hybridized carbons (Fsp3) is 0.490. The van der Waals surface area contributed by atoms with E-state index in [-0.39, 0.29) is 17.6 Å². The van der Waals surface area contributed by atoms with E-state index in [9.17, 15) is 0 Å². The van der Waals surface area contributed by atoms with Crippen molar-refractivity contribution in [3.8, 4) is 0 Å². The normalized spacial score (nSPS) is 22.3. The number of carbonyl (C=O) groups is 1. The number of hydrogen-bond acceptors (Lipinski definition) is 7. The highest BCUT2D eigenvalue weighted by molar-refractivity contribution is 14.1. The zero-order chi connectivity index (χ0) is 43.0. The predicted molar refractivity (Wildman–Crippen MR) is 281 cm³/mol. The van der Waals surface area contributed by atoms with Gasteiger partial charge in [-0.15, -0.1) is 0 Å². The molecule has 2 heterocycles. The van der Waals surface area contributed by atoms with Gasteiger partial charge in [-0.1, -0.05) is 149 Å². The molecule has 0 spiro atoms. The lowest BCUT2D eigenvalue weighted by atomic mass is 9.69. The topological polar surface area (TPSA) is 68.3 Å². The van der Waals surface area contributed by atoms with Gasteiger partial charge in [0.25, 0.3) is 0 Å². The van der Waals surface area contributed by atoms with Crippen LogP contribution in [0.5, 0.6) is 0 Å². The number of likely N-dealkylation sites (N-methyl/N-ethyl adjacent to an activating group) is 2. The maximum atomic E-state index is 16.0. The monoisotopic (exact) mass is 1260 g/mol. The minimum atomic E-state index is -0.762. The number of benzene rings is 2. The maximum Gasteiger partial charge on any atom is 0.185 e. The van der Waals surface area contributed by atoms with Gasteiger partial charge in [-0.05, 0) is 121 Å². The Balaban J connectivity index is 1.53. The fourth-order valence-electron chi connectivity index (χ4n) is 8.71. The molecule has 0 radical (unpaired) electrons. The van der Waals surface area contributed by atoms with Crippen molar-refractivity contribution in [3.05, 3.63) is 114 Å². The zero-order valence-corrected chi connectivity index (χ0v) is 44.6. The Kier molecular flexibility index (Phi) is 17.6. The number of carbonyl (C=O) groups excluding carboxylic acids is 1. The van der Waals surface area contributed by atoms with Crippen molar-refractivity contribution in [2.75, 3.05) is 52.5 Å². The van der Waals surface area contributed by atoms with Crippen LogP contribution in [0.15, 0.2) is 111 Å². The molecule has 2 aromatic heterocycles. The molecular formula is C49H60I4N2O5. The molecule has 4 atom stereocenters. The van der Waals surface area contributed by atoms with Gasteiger partial charge in [-0.3, -0.25) is 4.79 Å². The summed E-state index contributed by atoms with van der Waals surface area (Å²) in [5.41, 5.74) is 3.29. The van der Waals surface area contributed by atoms with E-state index < -0.39 is 6.84 Å². The van der Waals surface area contributed by atoms with E-state index in [0.717, 1.165) is 141 Å². The van der Waals surface area contributed by atoms with E-state index in [0.29, 0.717) is 13.2 Å². The standard InChI is InChI=1S/C49H60I4N2O5/c1-7-13-21-37-35(31-39(50)46(57-27-25-54(9-3)10-4)48(37,52)43-29-33-19-15-17-23-41(33)59-43)45(56)36-32-40(51)47(58-28-26-55(11-5)12-6)49(53,38(36)22-14-8-2)44-30-34-20-16-18-24-42(34)60-44/h15-20,23-24,29-32,37-38H,7-14,21-22,25-28H2,1-6H3. The molecule has 7 nitrogen and oxygen atoms in total. The molecule has 4 unspecified atom stereocenters. The van der Waals surface area contributed by atoms with E-state index in [1.165, 1.54) is 0 Å². The van der Waals surface area contributed by atoms with Gasteiger partial charge >= 0.3 is 0 Å². The van der Waals surface area contributed by atoms with Crippen molar-refractivity contribution >= 4 is 118 Å². The lowest BCUT2D eigenvalue weighted by Gasteiger charge is -2.43. The SMILES string of the molecule is CCCCC1C(C(=O)C2=CC(I)=C(OCCN(CC)CC)C(I)(c3cc4ccccc4o3)C2CCCC)=CC(I)=C(OCCN(CC)CC)C1(I)c1cc2ccccc2o1. The van der Waals surface area contributed by atoms with Crippen molar-refractivity contribution in [3.63, 3.8) is 0 Å². The second-order valence-corrected chi connectivity index (χ2v) is 21.5. The van der Waals surface area contributed by atoms with Crippen LogP contribution >= 0.6 is 90.4 Å². The summed E-state index contributed by atoms with van der Waals surface area (Å²) in [6.45, 7) is 19.8. The third kappa shape index (κ3) is 9.95. The molecule has 0 fully saturated rings. The van der Waals surface area contributed by atoms with Crippen molar-refractivity contribution in [2.45, 2.75) is 86.9 Å². The summed E-state index contributed by atoms with van der Waals surface area (Å²) in [5, 5.41) is 2.09. The number of furan rings is 2. The summed E-state index contributed by atoms with van der Waals surface area (Å²) in [6, 6.07) is 20.7. The largest absolute Gasteiger partial charge is 0.494 e. The second-order valence-electron chi connectivity index (χ2n) is 15.7.